The molecule has 0 N–H and O–H groups in total. The monoisotopic (exact) mass is 336 g/mol. The molecule has 24 heavy (non-hydrogen) atoms. The third-order valence-corrected chi connectivity index (χ3v) is 3.77. The average molecular weight is 337 g/mol. The average Bonchev–Trinajstić information content (AvgIpc) is 2.62. The number of nitrogens with zero attached hydrogens (tertiary/aromatic N) is 2. The lowest BCUT2D eigenvalue weighted by atomic mass is 10.0. The Bertz CT molecular complexity index is 813. The van der Waals surface area contributed by atoms with E-state index in [2.05, 4.69) is 10.2 Å². The lowest BCUT2D eigenvalue weighted by molar-refractivity contribution is 0.626. The molecule has 0 aliphatic heterocycles. The molecule has 4 heteroatoms. The minimum absolute atomic E-state index is 0.225. The van der Waals surface area contributed by atoms with Gasteiger partial charge in [0.15, 0.2) is 0 Å². The van der Waals surface area contributed by atoms with E-state index in [9.17, 15) is 4.39 Å². The van der Waals surface area contributed by atoms with Crippen molar-refractivity contribution in [2.75, 3.05) is 0 Å². The molecule has 0 radical (unpaired) electrons. The van der Waals surface area contributed by atoms with Crippen LogP contribution in [0.25, 0.3) is 0 Å². The van der Waals surface area contributed by atoms with Gasteiger partial charge in [-0.1, -0.05) is 78.3 Å². The Hall–Kier alpha value is -2.78. The van der Waals surface area contributed by atoms with E-state index in [1.165, 1.54) is 12.3 Å². The number of halogens is 2. The smallest absolute Gasteiger partial charge is 0.133 e. The lowest BCUT2D eigenvalue weighted by Crippen LogP contribution is -2.02. The van der Waals surface area contributed by atoms with Crippen molar-refractivity contribution in [3.8, 4) is 0 Å². The molecule has 0 amide bonds. The molecule has 0 saturated heterocycles. The second-order valence-corrected chi connectivity index (χ2v) is 5.47. The van der Waals surface area contributed by atoms with Gasteiger partial charge in [0.25, 0.3) is 0 Å². The molecule has 0 heterocycles. The molecule has 0 aromatic heterocycles. The van der Waals surface area contributed by atoms with Crippen molar-refractivity contribution in [3.05, 3.63) is 106 Å². The summed E-state index contributed by atoms with van der Waals surface area (Å²) in [5.41, 5.74) is 2.80. The summed E-state index contributed by atoms with van der Waals surface area (Å²) in [5, 5.41) is 8.66. The van der Waals surface area contributed by atoms with Gasteiger partial charge in [0.2, 0.25) is 0 Å². The predicted molar refractivity (Wildman–Crippen MR) is 97.5 cm³/mol. The van der Waals surface area contributed by atoms with Crippen LogP contribution < -0.4 is 0 Å². The first-order chi connectivity index (χ1) is 11.8. The Morgan fingerprint density at radius 3 is 1.92 bits per heavy atom. The molecule has 0 fully saturated rings. The van der Waals surface area contributed by atoms with E-state index in [0.29, 0.717) is 10.7 Å². The quantitative estimate of drug-likeness (QED) is 0.453. The van der Waals surface area contributed by atoms with Gasteiger partial charge in [0.05, 0.1) is 11.2 Å². The van der Waals surface area contributed by atoms with Gasteiger partial charge in [0.1, 0.15) is 11.5 Å². The van der Waals surface area contributed by atoms with Gasteiger partial charge in [-0.05, 0) is 12.1 Å². The lowest BCUT2D eigenvalue weighted by Gasteiger charge is -2.05. The zero-order valence-corrected chi connectivity index (χ0v) is 13.5. The molecule has 0 spiro atoms. The van der Waals surface area contributed by atoms with Crippen LogP contribution in [0.1, 0.15) is 16.7 Å². The molecule has 0 saturated carbocycles. The minimum Gasteiger partial charge on any atom is -0.206 e. The van der Waals surface area contributed by atoms with E-state index >= 15 is 0 Å². The largest absolute Gasteiger partial charge is 0.206 e. The molecule has 0 aliphatic carbocycles. The standard InChI is InChI=1S/C20H14ClFN2/c21-18-12-7-13-19(22)17(18)14-23-24-20(15-8-3-1-4-9-15)16-10-5-2-6-11-16/h1-14H/b23-14-. The number of rotatable bonds is 4. The van der Waals surface area contributed by atoms with Crippen LogP contribution in [0.4, 0.5) is 4.39 Å². The summed E-state index contributed by atoms with van der Waals surface area (Å²) >= 11 is 6.00. The fourth-order valence-electron chi connectivity index (χ4n) is 2.25. The Kier molecular flexibility index (Phi) is 5.14. The van der Waals surface area contributed by atoms with Crippen LogP contribution in [0.2, 0.25) is 5.02 Å². The first-order valence-electron chi connectivity index (χ1n) is 7.41. The van der Waals surface area contributed by atoms with Crippen LogP contribution in [-0.4, -0.2) is 11.9 Å². The van der Waals surface area contributed by atoms with E-state index in [-0.39, 0.29) is 5.56 Å². The van der Waals surface area contributed by atoms with Crippen LogP contribution in [0.15, 0.2) is 89.1 Å². The van der Waals surface area contributed by atoms with E-state index in [4.69, 9.17) is 11.6 Å². The molecule has 0 bridgehead atoms. The fraction of sp³-hybridized carbons (Fsp3) is 0. The highest BCUT2D eigenvalue weighted by Crippen LogP contribution is 2.17. The van der Waals surface area contributed by atoms with Crippen molar-refractivity contribution in [1.29, 1.82) is 0 Å². The second-order valence-electron chi connectivity index (χ2n) is 5.06. The van der Waals surface area contributed by atoms with Crippen molar-refractivity contribution >= 4 is 23.5 Å². The highest BCUT2D eigenvalue weighted by molar-refractivity contribution is 6.33. The van der Waals surface area contributed by atoms with Gasteiger partial charge >= 0.3 is 0 Å². The SMILES string of the molecule is Fc1cccc(Cl)c1/C=N\N=C(c1ccccc1)c1ccccc1. The van der Waals surface area contributed by atoms with Crippen LogP contribution in [-0.2, 0) is 0 Å². The van der Waals surface area contributed by atoms with Crippen molar-refractivity contribution in [2.24, 2.45) is 10.2 Å². The maximum atomic E-state index is 13.8. The fourth-order valence-corrected chi connectivity index (χ4v) is 2.46. The zero-order valence-electron chi connectivity index (χ0n) is 12.7. The van der Waals surface area contributed by atoms with E-state index in [0.717, 1.165) is 11.1 Å². The van der Waals surface area contributed by atoms with Crippen molar-refractivity contribution in [3.63, 3.8) is 0 Å². The molecule has 3 aromatic rings. The van der Waals surface area contributed by atoms with E-state index in [1.807, 2.05) is 60.7 Å². The topological polar surface area (TPSA) is 24.7 Å². The van der Waals surface area contributed by atoms with Crippen LogP contribution in [0, 0.1) is 5.82 Å². The summed E-state index contributed by atoms with van der Waals surface area (Å²) in [5.74, 6) is -0.428. The third kappa shape index (κ3) is 3.76. The highest BCUT2D eigenvalue weighted by atomic mass is 35.5. The van der Waals surface area contributed by atoms with Crippen LogP contribution in [0.3, 0.4) is 0 Å². The van der Waals surface area contributed by atoms with Crippen LogP contribution >= 0.6 is 11.6 Å². The molecule has 0 aliphatic rings. The van der Waals surface area contributed by atoms with Gasteiger partial charge < -0.3 is 0 Å². The molecule has 3 rings (SSSR count). The predicted octanol–water partition coefficient (Wildman–Crippen LogP) is 5.35. The first kappa shape index (κ1) is 16.1. The van der Waals surface area contributed by atoms with E-state index in [1.54, 1.807) is 12.1 Å². The molecular formula is C20H14ClFN2. The van der Waals surface area contributed by atoms with Gasteiger partial charge in [-0.25, -0.2) is 4.39 Å². The minimum atomic E-state index is -0.428. The molecule has 0 unspecified atom stereocenters. The van der Waals surface area contributed by atoms with Gasteiger partial charge in [-0.3, -0.25) is 0 Å². The van der Waals surface area contributed by atoms with Crippen molar-refractivity contribution < 1.29 is 4.39 Å². The maximum Gasteiger partial charge on any atom is 0.133 e. The summed E-state index contributed by atoms with van der Waals surface area (Å²) in [4.78, 5) is 0. The molecule has 3 aromatic carbocycles. The van der Waals surface area contributed by atoms with Gasteiger partial charge in [-0.2, -0.15) is 5.10 Å². The number of hydrogen-bond acceptors (Lipinski definition) is 2. The summed E-state index contributed by atoms with van der Waals surface area (Å²) in [6.07, 6.45) is 1.34. The Balaban J connectivity index is 2.00. The summed E-state index contributed by atoms with van der Waals surface area (Å²) in [6.45, 7) is 0. The second kappa shape index (κ2) is 7.66. The number of benzene rings is 3. The third-order valence-electron chi connectivity index (χ3n) is 3.44. The molecule has 118 valence electrons. The van der Waals surface area contributed by atoms with E-state index < -0.39 is 5.82 Å². The number of hydrogen-bond donors (Lipinski definition) is 0. The van der Waals surface area contributed by atoms with Crippen molar-refractivity contribution in [1.82, 2.24) is 0 Å². The first-order valence-corrected chi connectivity index (χ1v) is 7.79. The Morgan fingerprint density at radius 1 is 0.792 bits per heavy atom. The normalized spacial score (nSPS) is 10.8. The molecule has 2 nitrogen and oxygen atoms in total. The summed E-state index contributed by atoms with van der Waals surface area (Å²) in [7, 11) is 0. The highest BCUT2D eigenvalue weighted by Gasteiger charge is 2.07. The Morgan fingerprint density at radius 2 is 1.38 bits per heavy atom. The van der Waals surface area contributed by atoms with Gasteiger partial charge in [-0.15, -0.1) is 5.10 Å². The van der Waals surface area contributed by atoms with Crippen LogP contribution in [0.5, 0.6) is 0 Å². The van der Waals surface area contributed by atoms with Gasteiger partial charge in [0, 0.05) is 16.7 Å². The Labute approximate surface area is 145 Å². The maximum absolute atomic E-state index is 13.8. The summed E-state index contributed by atoms with van der Waals surface area (Å²) < 4.78 is 13.8. The summed E-state index contributed by atoms with van der Waals surface area (Å²) in [6, 6.07) is 24.0. The molecule has 0 atom stereocenters. The zero-order chi connectivity index (χ0) is 16.8. The molecular weight excluding hydrogens is 323 g/mol. The van der Waals surface area contributed by atoms with Crippen molar-refractivity contribution in [2.45, 2.75) is 0 Å².